The molecule has 0 bridgehead atoms. The lowest BCUT2D eigenvalue weighted by molar-refractivity contribution is 0.0837. The summed E-state index contributed by atoms with van der Waals surface area (Å²) in [6, 6.07) is 7.31. The van der Waals surface area contributed by atoms with Crippen LogP contribution in [-0.2, 0) is 0 Å². The zero-order valence-corrected chi connectivity index (χ0v) is 12.2. The Morgan fingerprint density at radius 3 is 2.55 bits per heavy atom. The van der Waals surface area contributed by atoms with Gasteiger partial charge in [-0.1, -0.05) is 13.3 Å². The van der Waals surface area contributed by atoms with Crippen LogP contribution in [-0.4, -0.2) is 24.6 Å². The summed E-state index contributed by atoms with van der Waals surface area (Å²) >= 11 is 0. The molecular weight excluding hydrogens is 252 g/mol. The van der Waals surface area contributed by atoms with Crippen molar-refractivity contribution in [3.63, 3.8) is 0 Å². The van der Waals surface area contributed by atoms with Gasteiger partial charge < -0.3 is 15.8 Å². The van der Waals surface area contributed by atoms with E-state index in [2.05, 4.69) is 12.2 Å². The Morgan fingerprint density at radius 1 is 1.35 bits per heavy atom. The minimum atomic E-state index is -0.173. The number of unbranched alkanes of at least 4 members (excludes halogenated alkanes) is 1. The lowest BCUT2D eigenvalue weighted by Gasteiger charge is -2.41. The molecular formula is C16H24N2O2. The van der Waals surface area contributed by atoms with E-state index in [9.17, 15) is 4.79 Å². The molecule has 2 rings (SSSR count). The summed E-state index contributed by atoms with van der Waals surface area (Å²) < 4.78 is 5.58. The van der Waals surface area contributed by atoms with Crippen LogP contribution in [0.4, 0.5) is 0 Å². The number of benzene rings is 1. The molecule has 0 heterocycles. The van der Waals surface area contributed by atoms with Gasteiger partial charge in [-0.2, -0.15) is 0 Å². The van der Waals surface area contributed by atoms with Crippen LogP contribution >= 0.6 is 0 Å². The van der Waals surface area contributed by atoms with Gasteiger partial charge in [0.1, 0.15) is 5.75 Å². The molecule has 0 aromatic heterocycles. The zero-order chi connectivity index (χ0) is 14.4. The molecule has 0 radical (unpaired) electrons. The molecule has 1 aromatic rings. The first-order valence-electron chi connectivity index (χ1n) is 7.44. The lowest BCUT2D eigenvalue weighted by Crippen LogP contribution is -2.58. The molecule has 0 atom stereocenters. The lowest BCUT2D eigenvalue weighted by atomic mass is 9.76. The van der Waals surface area contributed by atoms with Gasteiger partial charge in [0.05, 0.1) is 12.1 Å². The number of carbonyl (C=O) groups is 1. The Labute approximate surface area is 120 Å². The molecule has 1 saturated carbocycles. The van der Waals surface area contributed by atoms with Gasteiger partial charge in [-0.3, -0.25) is 4.79 Å². The predicted octanol–water partition coefficient (Wildman–Crippen LogP) is 2.48. The number of rotatable bonds is 7. The Kier molecular flexibility index (Phi) is 5.01. The average molecular weight is 276 g/mol. The summed E-state index contributed by atoms with van der Waals surface area (Å²) in [5.74, 6) is 0.766. The van der Waals surface area contributed by atoms with Gasteiger partial charge in [-0.05, 0) is 49.9 Å². The second kappa shape index (κ2) is 6.75. The van der Waals surface area contributed by atoms with Crippen molar-refractivity contribution in [3.05, 3.63) is 29.8 Å². The van der Waals surface area contributed by atoms with E-state index >= 15 is 0 Å². The van der Waals surface area contributed by atoms with Crippen LogP contribution in [0.5, 0.6) is 5.75 Å². The Bertz CT molecular complexity index is 433. The quantitative estimate of drug-likeness (QED) is 0.752. The van der Waals surface area contributed by atoms with Gasteiger partial charge in [-0.25, -0.2) is 0 Å². The first kappa shape index (κ1) is 14.9. The predicted molar refractivity (Wildman–Crippen MR) is 79.9 cm³/mol. The monoisotopic (exact) mass is 276 g/mol. The SMILES string of the molecule is CCCCOc1ccc(C(=O)NC2(CN)CCC2)cc1. The molecule has 20 heavy (non-hydrogen) atoms. The van der Waals surface area contributed by atoms with Crippen molar-refractivity contribution in [1.29, 1.82) is 0 Å². The second-order valence-electron chi connectivity index (χ2n) is 5.52. The van der Waals surface area contributed by atoms with Gasteiger partial charge in [-0.15, -0.1) is 0 Å². The van der Waals surface area contributed by atoms with E-state index in [1.807, 2.05) is 12.1 Å². The van der Waals surface area contributed by atoms with Crippen molar-refractivity contribution in [2.75, 3.05) is 13.2 Å². The molecule has 1 amide bonds. The molecule has 0 saturated heterocycles. The summed E-state index contributed by atoms with van der Waals surface area (Å²) in [4.78, 5) is 12.2. The molecule has 4 nitrogen and oxygen atoms in total. The fraction of sp³-hybridized carbons (Fsp3) is 0.562. The summed E-state index contributed by atoms with van der Waals surface area (Å²) in [6.07, 6.45) is 5.26. The van der Waals surface area contributed by atoms with E-state index in [4.69, 9.17) is 10.5 Å². The van der Waals surface area contributed by atoms with Crippen LogP contribution in [0, 0.1) is 0 Å². The maximum Gasteiger partial charge on any atom is 0.251 e. The molecule has 1 aromatic carbocycles. The van der Waals surface area contributed by atoms with Crippen molar-refractivity contribution in [2.24, 2.45) is 5.73 Å². The number of nitrogens with one attached hydrogen (secondary N) is 1. The first-order valence-corrected chi connectivity index (χ1v) is 7.44. The average Bonchev–Trinajstić information content (AvgIpc) is 2.44. The summed E-state index contributed by atoms with van der Waals surface area (Å²) in [6.45, 7) is 3.36. The highest BCUT2D eigenvalue weighted by molar-refractivity contribution is 5.94. The normalized spacial score (nSPS) is 16.3. The number of amides is 1. The fourth-order valence-corrected chi connectivity index (χ4v) is 2.33. The third-order valence-electron chi connectivity index (χ3n) is 3.96. The molecule has 0 aliphatic heterocycles. The Balaban J connectivity index is 1.90. The van der Waals surface area contributed by atoms with Crippen LogP contribution in [0.2, 0.25) is 0 Å². The molecule has 110 valence electrons. The molecule has 1 fully saturated rings. The summed E-state index contributed by atoms with van der Waals surface area (Å²) in [7, 11) is 0. The van der Waals surface area contributed by atoms with E-state index in [1.165, 1.54) is 0 Å². The highest BCUT2D eigenvalue weighted by atomic mass is 16.5. The van der Waals surface area contributed by atoms with E-state index in [-0.39, 0.29) is 11.4 Å². The largest absolute Gasteiger partial charge is 0.494 e. The van der Waals surface area contributed by atoms with E-state index < -0.39 is 0 Å². The molecule has 4 heteroatoms. The van der Waals surface area contributed by atoms with Crippen LogP contribution < -0.4 is 15.8 Å². The van der Waals surface area contributed by atoms with E-state index in [0.29, 0.717) is 12.1 Å². The molecule has 1 aliphatic carbocycles. The standard InChI is InChI=1S/C16H24N2O2/c1-2-3-11-20-14-7-5-13(6-8-14)15(19)18-16(12-17)9-4-10-16/h5-8H,2-4,9-12,17H2,1H3,(H,18,19). The van der Waals surface area contributed by atoms with Gasteiger partial charge in [0.15, 0.2) is 0 Å². The van der Waals surface area contributed by atoms with Crippen molar-refractivity contribution in [1.82, 2.24) is 5.32 Å². The second-order valence-corrected chi connectivity index (χ2v) is 5.52. The number of hydrogen-bond donors (Lipinski definition) is 2. The third kappa shape index (κ3) is 3.51. The van der Waals surface area contributed by atoms with E-state index in [0.717, 1.165) is 44.5 Å². The number of hydrogen-bond acceptors (Lipinski definition) is 3. The maximum absolute atomic E-state index is 12.2. The van der Waals surface area contributed by atoms with Crippen molar-refractivity contribution in [3.8, 4) is 5.75 Å². The number of ether oxygens (including phenoxy) is 1. The first-order chi connectivity index (χ1) is 9.69. The topological polar surface area (TPSA) is 64.3 Å². The number of nitrogens with two attached hydrogens (primary N) is 1. The van der Waals surface area contributed by atoms with Crippen LogP contribution in [0.1, 0.15) is 49.4 Å². The van der Waals surface area contributed by atoms with Gasteiger partial charge in [0.25, 0.3) is 5.91 Å². The Morgan fingerprint density at radius 2 is 2.05 bits per heavy atom. The summed E-state index contributed by atoms with van der Waals surface area (Å²) in [5.41, 5.74) is 6.24. The van der Waals surface area contributed by atoms with E-state index in [1.54, 1.807) is 12.1 Å². The van der Waals surface area contributed by atoms with Gasteiger partial charge in [0.2, 0.25) is 0 Å². The highest BCUT2D eigenvalue weighted by Gasteiger charge is 2.36. The van der Waals surface area contributed by atoms with Crippen molar-refractivity contribution in [2.45, 2.75) is 44.6 Å². The molecule has 3 N–H and O–H groups in total. The molecule has 0 unspecified atom stereocenters. The van der Waals surface area contributed by atoms with Crippen LogP contribution in [0.3, 0.4) is 0 Å². The minimum Gasteiger partial charge on any atom is -0.494 e. The van der Waals surface area contributed by atoms with Crippen LogP contribution in [0.25, 0.3) is 0 Å². The van der Waals surface area contributed by atoms with Crippen LogP contribution in [0.15, 0.2) is 24.3 Å². The fourth-order valence-electron chi connectivity index (χ4n) is 2.33. The highest BCUT2D eigenvalue weighted by Crippen LogP contribution is 2.31. The maximum atomic E-state index is 12.2. The van der Waals surface area contributed by atoms with Crippen molar-refractivity contribution >= 4 is 5.91 Å². The molecule has 0 spiro atoms. The molecule has 1 aliphatic rings. The number of carbonyl (C=O) groups excluding carboxylic acids is 1. The summed E-state index contributed by atoms with van der Waals surface area (Å²) in [5, 5.41) is 3.06. The zero-order valence-electron chi connectivity index (χ0n) is 12.2. The van der Waals surface area contributed by atoms with Gasteiger partial charge in [0, 0.05) is 12.1 Å². The minimum absolute atomic E-state index is 0.0461. The Hall–Kier alpha value is -1.55. The van der Waals surface area contributed by atoms with Gasteiger partial charge >= 0.3 is 0 Å². The third-order valence-corrected chi connectivity index (χ3v) is 3.96. The smallest absolute Gasteiger partial charge is 0.251 e. The van der Waals surface area contributed by atoms with Crippen molar-refractivity contribution < 1.29 is 9.53 Å².